The van der Waals surface area contributed by atoms with Gasteiger partial charge in [-0.1, -0.05) is 0 Å². The molecule has 0 aliphatic rings. The Labute approximate surface area is 111 Å². The van der Waals surface area contributed by atoms with Crippen LogP contribution in [0.25, 0.3) is 0 Å². The average Bonchev–Trinajstić information content (AvgIpc) is 2.43. The van der Waals surface area contributed by atoms with Crippen LogP contribution in [0.15, 0.2) is 0 Å². The van der Waals surface area contributed by atoms with E-state index in [0.717, 1.165) is 0 Å². The largest absolute Gasteiger partial charge is 0.395 e. The van der Waals surface area contributed by atoms with Gasteiger partial charge in [0.25, 0.3) is 0 Å². The van der Waals surface area contributed by atoms with Crippen molar-refractivity contribution in [1.29, 1.82) is 0 Å². The highest BCUT2D eigenvalue weighted by Gasteiger charge is 2.09. The van der Waals surface area contributed by atoms with E-state index in [1.807, 2.05) is 0 Å². The molecular formula is C10H20N6O3. The molecule has 9 heteroatoms. The van der Waals surface area contributed by atoms with E-state index in [0.29, 0.717) is 37.5 Å². The van der Waals surface area contributed by atoms with Crippen LogP contribution in [0.3, 0.4) is 0 Å². The fraction of sp³-hybridized carbons (Fsp3) is 0.700. The summed E-state index contributed by atoms with van der Waals surface area (Å²) in [7, 11) is 1.75. The van der Waals surface area contributed by atoms with Gasteiger partial charge in [0.1, 0.15) is 0 Å². The van der Waals surface area contributed by atoms with Crippen LogP contribution in [-0.4, -0.2) is 76.8 Å². The maximum absolute atomic E-state index is 8.91. The van der Waals surface area contributed by atoms with Crippen molar-refractivity contribution in [3.05, 3.63) is 0 Å². The first-order valence-electron chi connectivity index (χ1n) is 5.98. The van der Waals surface area contributed by atoms with Crippen LogP contribution in [0.2, 0.25) is 0 Å². The first-order chi connectivity index (χ1) is 9.21. The van der Waals surface area contributed by atoms with E-state index in [2.05, 4.69) is 25.6 Å². The van der Waals surface area contributed by atoms with E-state index < -0.39 is 0 Å². The van der Waals surface area contributed by atoms with Gasteiger partial charge in [-0.05, 0) is 0 Å². The van der Waals surface area contributed by atoms with Crippen molar-refractivity contribution in [2.45, 2.75) is 0 Å². The van der Waals surface area contributed by atoms with Crippen molar-refractivity contribution in [3.8, 4) is 0 Å². The molecule has 1 heterocycles. The second kappa shape index (κ2) is 8.40. The smallest absolute Gasteiger partial charge is 0.231 e. The fourth-order valence-corrected chi connectivity index (χ4v) is 1.28. The number of hydrogen-bond acceptors (Lipinski definition) is 9. The Morgan fingerprint density at radius 2 is 1.42 bits per heavy atom. The van der Waals surface area contributed by atoms with Gasteiger partial charge >= 0.3 is 0 Å². The highest BCUT2D eigenvalue weighted by Crippen LogP contribution is 2.11. The van der Waals surface area contributed by atoms with E-state index in [-0.39, 0.29) is 19.8 Å². The normalized spacial score (nSPS) is 10.3. The second-order valence-corrected chi connectivity index (χ2v) is 3.73. The molecule has 0 aliphatic carbocycles. The molecule has 19 heavy (non-hydrogen) atoms. The van der Waals surface area contributed by atoms with Crippen LogP contribution in [0.5, 0.6) is 0 Å². The first kappa shape index (κ1) is 15.3. The lowest BCUT2D eigenvalue weighted by Gasteiger charge is -2.17. The third kappa shape index (κ3) is 5.20. The summed E-state index contributed by atoms with van der Waals surface area (Å²) in [6.07, 6.45) is 0. The number of aliphatic hydroxyl groups excluding tert-OH is 3. The third-order valence-corrected chi connectivity index (χ3v) is 2.19. The van der Waals surface area contributed by atoms with E-state index in [1.54, 1.807) is 11.9 Å². The quantitative estimate of drug-likeness (QED) is 0.350. The molecule has 0 unspecified atom stereocenters. The standard InChI is InChI=1S/C10H20N6O3/c1-16(4-7-19)10-14-8(11-2-5-17)13-9(15-10)12-3-6-18/h17-19H,2-7H2,1H3,(H2,11,12,13,14,15). The van der Waals surface area contributed by atoms with Crippen LogP contribution in [-0.2, 0) is 0 Å². The molecule has 0 spiro atoms. The minimum absolute atomic E-state index is 0.0129. The van der Waals surface area contributed by atoms with E-state index in [9.17, 15) is 0 Å². The Hall–Kier alpha value is -1.71. The molecule has 0 radical (unpaired) electrons. The van der Waals surface area contributed by atoms with Gasteiger partial charge in [0.05, 0.1) is 19.8 Å². The van der Waals surface area contributed by atoms with Gasteiger partial charge in [0.2, 0.25) is 17.8 Å². The van der Waals surface area contributed by atoms with E-state index >= 15 is 0 Å². The number of nitrogens with one attached hydrogen (secondary N) is 2. The van der Waals surface area contributed by atoms with Gasteiger partial charge in [-0.3, -0.25) is 0 Å². The van der Waals surface area contributed by atoms with Crippen molar-refractivity contribution < 1.29 is 15.3 Å². The maximum Gasteiger partial charge on any atom is 0.231 e. The first-order valence-corrected chi connectivity index (χ1v) is 5.98. The molecule has 0 fully saturated rings. The van der Waals surface area contributed by atoms with Gasteiger partial charge in [-0.15, -0.1) is 0 Å². The molecule has 1 rings (SSSR count). The topological polar surface area (TPSA) is 127 Å². The number of hydrogen-bond donors (Lipinski definition) is 5. The predicted molar refractivity (Wildman–Crippen MR) is 71.3 cm³/mol. The zero-order valence-corrected chi connectivity index (χ0v) is 10.9. The molecule has 0 amide bonds. The summed E-state index contributed by atoms with van der Waals surface area (Å²) in [5.41, 5.74) is 0. The number of likely N-dealkylation sites (N-methyl/N-ethyl adjacent to an activating group) is 1. The minimum atomic E-state index is -0.0348. The third-order valence-electron chi connectivity index (χ3n) is 2.19. The van der Waals surface area contributed by atoms with E-state index in [4.69, 9.17) is 15.3 Å². The molecule has 1 aromatic heterocycles. The Morgan fingerprint density at radius 3 is 1.84 bits per heavy atom. The lowest BCUT2D eigenvalue weighted by Crippen LogP contribution is -2.25. The highest BCUT2D eigenvalue weighted by atomic mass is 16.3. The molecule has 0 bridgehead atoms. The molecule has 9 nitrogen and oxygen atoms in total. The number of anilines is 3. The Balaban J connectivity index is 2.87. The molecule has 108 valence electrons. The molecule has 0 saturated carbocycles. The number of aromatic nitrogens is 3. The van der Waals surface area contributed by atoms with Crippen molar-refractivity contribution in [3.63, 3.8) is 0 Å². The Morgan fingerprint density at radius 1 is 0.895 bits per heavy atom. The molecule has 0 aliphatic heterocycles. The summed E-state index contributed by atoms with van der Waals surface area (Å²) in [5, 5.41) is 32.1. The van der Waals surface area contributed by atoms with Crippen molar-refractivity contribution in [1.82, 2.24) is 15.0 Å². The highest BCUT2D eigenvalue weighted by molar-refractivity contribution is 5.43. The zero-order valence-electron chi connectivity index (χ0n) is 10.9. The zero-order chi connectivity index (χ0) is 14.1. The van der Waals surface area contributed by atoms with Gasteiger partial charge in [-0.2, -0.15) is 15.0 Å². The summed E-state index contributed by atoms with van der Waals surface area (Å²) in [5.74, 6) is 1.04. The van der Waals surface area contributed by atoms with Gasteiger partial charge in [-0.25, -0.2) is 0 Å². The van der Waals surface area contributed by atoms with Gasteiger partial charge in [0, 0.05) is 26.7 Å². The maximum atomic E-state index is 8.91. The lowest BCUT2D eigenvalue weighted by atomic mass is 10.6. The summed E-state index contributed by atoms with van der Waals surface area (Å²) >= 11 is 0. The van der Waals surface area contributed by atoms with Gasteiger partial charge in [0.15, 0.2) is 0 Å². The SMILES string of the molecule is CN(CCO)c1nc(NCCO)nc(NCCO)n1. The number of rotatable bonds is 9. The van der Waals surface area contributed by atoms with E-state index in [1.165, 1.54) is 0 Å². The summed E-state index contributed by atoms with van der Waals surface area (Å²) in [4.78, 5) is 14.1. The number of nitrogens with zero attached hydrogens (tertiary/aromatic N) is 4. The molecule has 0 aromatic carbocycles. The van der Waals surface area contributed by atoms with Crippen LogP contribution in [0.1, 0.15) is 0 Å². The summed E-state index contributed by atoms with van der Waals surface area (Å²) in [6.45, 7) is 0.961. The Kier molecular flexibility index (Phi) is 6.79. The van der Waals surface area contributed by atoms with Crippen LogP contribution >= 0.6 is 0 Å². The molecule has 1 aromatic rings. The second-order valence-electron chi connectivity index (χ2n) is 3.73. The van der Waals surface area contributed by atoms with Crippen molar-refractivity contribution in [2.75, 3.05) is 62.0 Å². The Bertz CT molecular complexity index is 352. The fourth-order valence-electron chi connectivity index (χ4n) is 1.28. The van der Waals surface area contributed by atoms with Crippen molar-refractivity contribution >= 4 is 17.8 Å². The average molecular weight is 272 g/mol. The monoisotopic (exact) mass is 272 g/mol. The van der Waals surface area contributed by atoms with Crippen molar-refractivity contribution in [2.24, 2.45) is 0 Å². The lowest BCUT2D eigenvalue weighted by molar-refractivity contribution is 0.303. The number of aliphatic hydroxyl groups is 3. The molecule has 0 saturated heterocycles. The molecule has 0 atom stereocenters. The molecule has 5 N–H and O–H groups in total. The summed E-state index contributed by atoms with van der Waals surface area (Å²) in [6, 6.07) is 0. The van der Waals surface area contributed by atoms with Gasteiger partial charge < -0.3 is 30.9 Å². The van der Waals surface area contributed by atoms with Crippen LogP contribution in [0.4, 0.5) is 17.8 Å². The predicted octanol–water partition coefficient (Wildman–Crippen LogP) is -1.89. The van der Waals surface area contributed by atoms with Crippen LogP contribution in [0, 0.1) is 0 Å². The van der Waals surface area contributed by atoms with Crippen LogP contribution < -0.4 is 15.5 Å². The summed E-state index contributed by atoms with van der Waals surface area (Å²) < 4.78 is 0. The minimum Gasteiger partial charge on any atom is -0.395 e. The molecular weight excluding hydrogens is 252 g/mol.